The maximum Gasteiger partial charge on any atom is 0.277 e. The van der Waals surface area contributed by atoms with E-state index in [2.05, 4.69) is 10.5 Å². The van der Waals surface area contributed by atoms with Gasteiger partial charge in [-0.25, -0.2) is 14.2 Å². The van der Waals surface area contributed by atoms with E-state index >= 15 is 0 Å². The van der Waals surface area contributed by atoms with E-state index in [1.54, 1.807) is 12.1 Å². The number of nitrogens with zero attached hydrogens (tertiary/aromatic N) is 1. The Morgan fingerprint density at radius 2 is 1.96 bits per heavy atom. The van der Waals surface area contributed by atoms with Gasteiger partial charge in [0.05, 0.1) is 6.21 Å². The maximum atomic E-state index is 13.4. The minimum absolute atomic E-state index is 0.0543. The van der Waals surface area contributed by atoms with Gasteiger partial charge in [0, 0.05) is 5.56 Å². The van der Waals surface area contributed by atoms with Crippen LogP contribution in [0.15, 0.2) is 47.6 Å². The van der Waals surface area contributed by atoms with Gasteiger partial charge in [-0.15, -0.1) is 0 Å². The Morgan fingerprint density at radius 3 is 2.65 bits per heavy atom. The number of hydrogen-bond donors (Lipinski definition) is 1. The van der Waals surface area contributed by atoms with Crippen LogP contribution < -0.4 is 10.2 Å². The molecule has 120 valence electrons. The molecule has 0 atom stereocenters. The van der Waals surface area contributed by atoms with Crippen molar-refractivity contribution in [2.75, 3.05) is 6.61 Å². The summed E-state index contributed by atoms with van der Waals surface area (Å²) in [6.07, 6.45) is 1.96. The van der Waals surface area contributed by atoms with Crippen LogP contribution in [0, 0.1) is 11.6 Å². The van der Waals surface area contributed by atoms with Crippen molar-refractivity contribution in [3.05, 3.63) is 65.2 Å². The van der Waals surface area contributed by atoms with Crippen molar-refractivity contribution in [1.29, 1.82) is 0 Å². The lowest BCUT2D eigenvalue weighted by atomic mass is 10.2. The fourth-order valence-corrected chi connectivity index (χ4v) is 1.80. The first-order valence-corrected chi connectivity index (χ1v) is 7.07. The summed E-state index contributed by atoms with van der Waals surface area (Å²) in [5.74, 6) is -1.92. The molecule has 0 saturated carbocycles. The molecule has 1 N–H and O–H groups in total. The Kier molecular flexibility index (Phi) is 5.80. The Hall–Kier alpha value is -2.76. The highest BCUT2D eigenvalue weighted by Crippen LogP contribution is 2.12. The van der Waals surface area contributed by atoms with Crippen LogP contribution in [-0.4, -0.2) is 18.7 Å². The van der Waals surface area contributed by atoms with E-state index in [-0.39, 0.29) is 12.2 Å². The molecule has 0 spiro atoms. The Morgan fingerprint density at radius 1 is 1.22 bits per heavy atom. The van der Waals surface area contributed by atoms with E-state index < -0.39 is 17.5 Å². The number of hydrazone groups is 1. The van der Waals surface area contributed by atoms with Gasteiger partial charge in [0.25, 0.3) is 5.91 Å². The van der Waals surface area contributed by atoms with Crippen molar-refractivity contribution in [2.24, 2.45) is 5.10 Å². The van der Waals surface area contributed by atoms with Gasteiger partial charge in [0.2, 0.25) is 0 Å². The van der Waals surface area contributed by atoms with Gasteiger partial charge in [-0.2, -0.15) is 5.10 Å². The monoisotopic (exact) mass is 318 g/mol. The highest BCUT2D eigenvalue weighted by Gasteiger charge is 2.05. The zero-order valence-corrected chi connectivity index (χ0v) is 12.6. The SMILES string of the molecule is CCc1ccc(OCC(=O)N/N=C/c2cccc(F)c2F)cc1. The van der Waals surface area contributed by atoms with Crippen LogP contribution in [0.5, 0.6) is 5.75 Å². The standard InChI is InChI=1S/C17H16F2N2O2/c1-2-12-6-8-14(9-7-12)23-11-16(22)21-20-10-13-4-3-5-15(18)17(13)19/h3-10H,2,11H2,1H3,(H,21,22)/b20-10+. The first-order valence-electron chi connectivity index (χ1n) is 7.07. The highest BCUT2D eigenvalue weighted by molar-refractivity contribution is 5.83. The van der Waals surface area contributed by atoms with Crippen LogP contribution in [0.3, 0.4) is 0 Å². The van der Waals surface area contributed by atoms with Gasteiger partial charge in [0.1, 0.15) is 5.75 Å². The number of carbonyl (C=O) groups excluding carboxylic acids is 1. The summed E-state index contributed by atoms with van der Waals surface area (Å²) < 4.78 is 31.6. The van der Waals surface area contributed by atoms with Gasteiger partial charge >= 0.3 is 0 Å². The number of hydrogen-bond acceptors (Lipinski definition) is 3. The molecule has 4 nitrogen and oxygen atoms in total. The molecule has 0 saturated heterocycles. The van der Waals surface area contributed by atoms with Crippen LogP contribution in [0.1, 0.15) is 18.1 Å². The fraction of sp³-hybridized carbons (Fsp3) is 0.176. The molecule has 0 radical (unpaired) electrons. The van der Waals surface area contributed by atoms with Crippen LogP contribution in [0.4, 0.5) is 8.78 Å². The smallest absolute Gasteiger partial charge is 0.277 e. The van der Waals surface area contributed by atoms with Crippen molar-refractivity contribution in [3.63, 3.8) is 0 Å². The predicted octanol–water partition coefficient (Wildman–Crippen LogP) is 3.06. The highest BCUT2D eigenvalue weighted by atomic mass is 19.2. The summed E-state index contributed by atoms with van der Waals surface area (Å²) in [6, 6.07) is 11.1. The van der Waals surface area contributed by atoms with Gasteiger partial charge < -0.3 is 4.74 Å². The number of amides is 1. The zero-order valence-electron chi connectivity index (χ0n) is 12.6. The molecule has 0 aliphatic rings. The minimum atomic E-state index is -1.02. The van der Waals surface area contributed by atoms with Crippen molar-refractivity contribution in [3.8, 4) is 5.75 Å². The molecule has 0 aliphatic carbocycles. The predicted molar refractivity (Wildman–Crippen MR) is 83.4 cm³/mol. The molecule has 2 rings (SSSR count). The second-order valence-corrected chi connectivity index (χ2v) is 4.72. The lowest BCUT2D eigenvalue weighted by Gasteiger charge is -2.05. The quantitative estimate of drug-likeness (QED) is 0.657. The topological polar surface area (TPSA) is 50.7 Å². The largest absolute Gasteiger partial charge is 0.484 e. The molecule has 0 aliphatic heterocycles. The molecular weight excluding hydrogens is 302 g/mol. The molecule has 0 fully saturated rings. The van der Waals surface area contributed by atoms with Crippen LogP contribution in [0.25, 0.3) is 0 Å². The fourth-order valence-electron chi connectivity index (χ4n) is 1.80. The molecule has 0 heterocycles. The number of ether oxygens (including phenoxy) is 1. The number of rotatable bonds is 6. The van der Waals surface area contributed by atoms with Gasteiger partial charge in [0.15, 0.2) is 18.2 Å². The number of aryl methyl sites for hydroxylation is 1. The van der Waals surface area contributed by atoms with E-state index in [4.69, 9.17) is 4.74 Å². The van der Waals surface area contributed by atoms with Crippen molar-refractivity contribution >= 4 is 12.1 Å². The molecule has 0 unspecified atom stereocenters. The average Bonchev–Trinajstić information content (AvgIpc) is 2.57. The zero-order chi connectivity index (χ0) is 16.7. The number of halogens is 2. The summed E-state index contributed by atoms with van der Waals surface area (Å²) in [5.41, 5.74) is 3.30. The van der Waals surface area contributed by atoms with Crippen LogP contribution >= 0.6 is 0 Å². The molecule has 23 heavy (non-hydrogen) atoms. The molecule has 1 amide bonds. The number of nitrogens with one attached hydrogen (secondary N) is 1. The normalized spacial score (nSPS) is 10.7. The van der Waals surface area contributed by atoms with E-state index in [0.29, 0.717) is 5.75 Å². The number of carbonyl (C=O) groups is 1. The van der Waals surface area contributed by atoms with Crippen LogP contribution in [-0.2, 0) is 11.2 Å². The summed E-state index contributed by atoms with van der Waals surface area (Å²) in [6.45, 7) is 1.82. The van der Waals surface area contributed by atoms with Gasteiger partial charge in [-0.05, 0) is 30.2 Å². The second-order valence-electron chi connectivity index (χ2n) is 4.72. The summed E-state index contributed by atoms with van der Waals surface area (Å²) >= 11 is 0. The van der Waals surface area contributed by atoms with Crippen molar-refractivity contribution in [1.82, 2.24) is 5.43 Å². The van der Waals surface area contributed by atoms with Crippen molar-refractivity contribution < 1.29 is 18.3 Å². The Balaban J connectivity index is 1.82. The third kappa shape index (κ3) is 4.88. The summed E-state index contributed by atoms with van der Waals surface area (Å²) in [7, 11) is 0. The molecule has 6 heteroatoms. The van der Waals surface area contributed by atoms with Gasteiger partial charge in [-0.1, -0.05) is 31.2 Å². The molecule has 2 aromatic carbocycles. The molecule has 2 aromatic rings. The third-order valence-corrected chi connectivity index (χ3v) is 3.08. The lowest BCUT2D eigenvalue weighted by molar-refractivity contribution is -0.123. The first kappa shape index (κ1) is 16.6. The molecular formula is C17H16F2N2O2. The first-order chi connectivity index (χ1) is 11.1. The Bertz CT molecular complexity index is 700. The molecule has 0 aromatic heterocycles. The van der Waals surface area contributed by atoms with E-state index in [1.807, 2.05) is 19.1 Å². The minimum Gasteiger partial charge on any atom is -0.484 e. The van der Waals surface area contributed by atoms with Gasteiger partial charge in [-0.3, -0.25) is 4.79 Å². The van der Waals surface area contributed by atoms with E-state index in [1.165, 1.54) is 17.7 Å². The van der Waals surface area contributed by atoms with E-state index in [0.717, 1.165) is 18.7 Å². The second kappa shape index (κ2) is 8.03. The molecule has 0 bridgehead atoms. The van der Waals surface area contributed by atoms with E-state index in [9.17, 15) is 13.6 Å². The number of benzene rings is 2. The summed E-state index contributed by atoms with van der Waals surface area (Å²) in [5, 5.41) is 3.57. The summed E-state index contributed by atoms with van der Waals surface area (Å²) in [4.78, 5) is 11.6. The maximum absolute atomic E-state index is 13.4. The Labute approximate surface area is 132 Å². The van der Waals surface area contributed by atoms with Crippen LogP contribution in [0.2, 0.25) is 0 Å². The van der Waals surface area contributed by atoms with Crippen molar-refractivity contribution in [2.45, 2.75) is 13.3 Å². The third-order valence-electron chi connectivity index (χ3n) is 3.08. The average molecular weight is 318 g/mol. The lowest BCUT2D eigenvalue weighted by Crippen LogP contribution is -2.24.